The van der Waals surface area contributed by atoms with Crippen LogP contribution in [0.3, 0.4) is 0 Å². The van der Waals surface area contributed by atoms with Crippen molar-refractivity contribution in [1.29, 1.82) is 0 Å². The van der Waals surface area contributed by atoms with E-state index in [1.54, 1.807) is 53.1 Å². The summed E-state index contributed by atoms with van der Waals surface area (Å²) in [6, 6.07) is 13.4. The van der Waals surface area contributed by atoms with Crippen molar-refractivity contribution in [3.8, 4) is 11.5 Å². The number of anilines is 1. The first-order valence-electron chi connectivity index (χ1n) is 9.96. The average molecular weight is 506 g/mol. The normalized spacial score (nSPS) is 12.0. The molecule has 1 amide bonds. The van der Waals surface area contributed by atoms with E-state index in [9.17, 15) is 14.4 Å². The summed E-state index contributed by atoms with van der Waals surface area (Å²) in [6.45, 7) is 0.0312. The predicted molar refractivity (Wildman–Crippen MR) is 125 cm³/mol. The largest absolute Gasteiger partial charge is 0.454 e. The van der Waals surface area contributed by atoms with Crippen LogP contribution >= 0.6 is 15.9 Å². The maximum absolute atomic E-state index is 13.1. The number of carbonyl (C=O) groups is 2. The molecule has 3 heterocycles. The second-order valence-electron chi connectivity index (χ2n) is 7.34. The topological polar surface area (TPSA) is 99.5 Å². The lowest BCUT2D eigenvalue weighted by atomic mass is 10.0. The number of nitrogens with zero attached hydrogens (tertiary/aromatic N) is 2. The minimum atomic E-state index is -0.436. The number of rotatable bonds is 5. The van der Waals surface area contributed by atoms with Crippen LogP contribution < -0.4 is 20.2 Å². The lowest BCUT2D eigenvalue weighted by Crippen LogP contribution is -2.24. The molecule has 2 aromatic carbocycles. The number of ether oxygens (including phenoxy) is 2. The van der Waals surface area contributed by atoms with E-state index >= 15 is 0 Å². The molecule has 8 nitrogen and oxygen atoms in total. The summed E-state index contributed by atoms with van der Waals surface area (Å²) in [5.74, 6) is 0.402. The maximum atomic E-state index is 13.1. The molecule has 9 heteroatoms. The highest BCUT2D eigenvalue weighted by molar-refractivity contribution is 9.10. The Labute approximate surface area is 195 Å². The molecule has 1 N–H and O–H groups in total. The smallest absolute Gasteiger partial charge is 0.244 e. The van der Waals surface area contributed by atoms with Gasteiger partial charge in [-0.15, -0.1) is 0 Å². The highest BCUT2D eigenvalue weighted by Gasteiger charge is 2.19. The van der Waals surface area contributed by atoms with E-state index in [1.807, 2.05) is 0 Å². The van der Waals surface area contributed by atoms with Crippen molar-refractivity contribution in [2.45, 2.75) is 6.54 Å². The Morgan fingerprint density at radius 2 is 1.82 bits per heavy atom. The number of halogens is 1. The number of benzene rings is 2. The zero-order valence-corrected chi connectivity index (χ0v) is 18.7. The van der Waals surface area contributed by atoms with Gasteiger partial charge in [0.25, 0.3) is 0 Å². The van der Waals surface area contributed by atoms with E-state index in [4.69, 9.17) is 9.47 Å². The Morgan fingerprint density at radius 3 is 2.64 bits per heavy atom. The molecule has 0 unspecified atom stereocenters. The maximum Gasteiger partial charge on any atom is 0.244 e. The first kappa shape index (κ1) is 20.9. The summed E-state index contributed by atoms with van der Waals surface area (Å²) in [6.07, 6.45) is 4.41. The van der Waals surface area contributed by atoms with Crippen LogP contribution in [0.2, 0.25) is 0 Å². The highest BCUT2D eigenvalue weighted by atomic mass is 79.9. The van der Waals surface area contributed by atoms with Crippen LogP contribution in [0.25, 0.3) is 10.9 Å². The lowest BCUT2D eigenvalue weighted by molar-refractivity contribution is -0.116. The van der Waals surface area contributed by atoms with Crippen LogP contribution in [-0.2, 0) is 11.3 Å². The van der Waals surface area contributed by atoms with Crippen LogP contribution in [-0.4, -0.2) is 28.0 Å². The molecule has 0 fully saturated rings. The fraction of sp³-hybridized carbons (Fsp3) is 0.0833. The molecule has 0 radical (unpaired) electrons. The van der Waals surface area contributed by atoms with E-state index in [1.165, 1.54) is 18.6 Å². The third-order valence-electron chi connectivity index (χ3n) is 5.20. The van der Waals surface area contributed by atoms with Crippen molar-refractivity contribution in [2.75, 3.05) is 12.1 Å². The second kappa shape index (κ2) is 8.51. The SMILES string of the molecule is O=C(Cn1cc(C(=O)c2ccncc2)c(=O)c2cc(Br)ccc21)Nc1ccc2c(c1)OCO2. The van der Waals surface area contributed by atoms with Crippen LogP contribution in [0.4, 0.5) is 5.69 Å². The summed E-state index contributed by atoms with van der Waals surface area (Å²) in [4.78, 5) is 42.9. The van der Waals surface area contributed by atoms with Crippen LogP contribution in [0.15, 0.2) is 76.4 Å². The third kappa shape index (κ3) is 4.10. The summed E-state index contributed by atoms with van der Waals surface area (Å²) >= 11 is 3.37. The molecule has 2 aromatic heterocycles. The van der Waals surface area contributed by atoms with Gasteiger partial charge in [-0.2, -0.15) is 0 Å². The van der Waals surface area contributed by atoms with Gasteiger partial charge in [0.05, 0.1) is 11.1 Å². The van der Waals surface area contributed by atoms with Crippen molar-refractivity contribution < 1.29 is 19.1 Å². The molecule has 5 rings (SSSR count). The van der Waals surface area contributed by atoms with Gasteiger partial charge in [-0.05, 0) is 42.5 Å². The molecule has 1 aliphatic rings. The minimum Gasteiger partial charge on any atom is -0.454 e. The Kier molecular flexibility index (Phi) is 5.39. The first-order valence-corrected chi connectivity index (χ1v) is 10.8. The van der Waals surface area contributed by atoms with Crippen LogP contribution in [0, 0.1) is 0 Å². The number of aromatic nitrogens is 2. The molecule has 0 aliphatic carbocycles. The summed E-state index contributed by atoms with van der Waals surface area (Å²) in [5.41, 5.74) is 0.997. The number of pyridine rings is 2. The molecule has 0 atom stereocenters. The molecule has 0 bridgehead atoms. The molecule has 4 aromatic rings. The molecule has 164 valence electrons. The summed E-state index contributed by atoms with van der Waals surface area (Å²) in [5, 5.41) is 3.15. The molecular weight excluding hydrogens is 490 g/mol. The molecule has 0 saturated carbocycles. The zero-order valence-electron chi connectivity index (χ0n) is 17.1. The monoisotopic (exact) mass is 505 g/mol. The number of carbonyl (C=O) groups excluding carboxylic acids is 2. The third-order valence-corrected chi connectivity index (χ3v) is 5.69. The van der Waals surface area contributed by atoms with E-state index in [0.29, 0.717) is 38.1 Å². The lowest BCUT2D eigenvalue weighted by Gasteiger charge is -2.14. The van der Waals surface area contributed by atoms with Gasteiger partial charge in [0.15, 0.2) is 17.3 Å². The van der Waals surface area contributed by atoms with Crippen LogP contribution in [0.1, 0.15) is 15.9 Å². The van der Waals surface area contributed by atoms with Crippen molar-refractivity contribution in [3.63, 3.8) is 0 Å². The van der Waals surface area contributed by atoms with Gasteiger partial charge in [0, 0.05) is 45.8 Å². The van der Waals surface area contributed by atoms with Crippen LogP contribution in [0.5, 0.6) is 11.5 Å². The van der Waals surface area contributed by atoms with E-state index in [-0.39, 0.29) is 24.8 Å². The van der Waals surface area contributed by atoms with Gasteiger partial charge in [-0.3, -0.25) is 19.4 Å². The van der Waals surface area contributed by atoms with Gasteiger partial charge in [-0.1, -0.05) is 15.9 Å². The standard InChI is InChI=1S/C24H16BrN3O5/c25-15-1-3-19-17(9-15)24(31)18(23(30)14-5-7-26-8-6-14)11-28(19)12-22(29)27-16-2-4-20-21(10-16)33-13-32-20/h1-11H,12-13H2,(H,27,29). The Hall–Kier alpha value is -3.98. The fourth-order valence-corrected chi connectivity index (χ4v) is 4.01. The van der Waals surface area contributed by atoms with E-state index in [2.05, 4.69) is 26.2 Å². The minimum absolute atomic E-state index is 0.0253. The van der Waals surface area contributed by atoms with E-state index < -0.39 is 11.2 Å². The summed E-state index contributed by atoms with van der Waals surface area (Å²) < 4.78 is 12.9. The van der Waals surface area contributed by atoms with E-state index in [0.717, 1.165) is 0 Å². The quantitative estimate of drug-likeness (QED) is 0.414. The van der Waals surface area contributed by atoms with Crippen molar-refractivity contribution in [3.05, 3.63) is 92.9 Å². The Bertz CT molecular complexity index is 1470. The average Bonchev–Trinajstić information content (AvgIpc) is 3.29. The van der Waals surface area contributed by atoms with Crippen molar-refractivity contribution in [1.82, 2.24) is 9.55 Å². The second-order valence-corrected chi connectivity index (χ2v) is 8.26. The van der Waals surface area contributed by atoms with Gasteiger partial charge in [0.2, 0.25) is 18.1 Å². The predicted octanol–water partition coefficient (Wildman–Crippen LogP) is 3.76. The zero-order chi connectivity index (χ0) is 22.9. The van der Waals surface area contributed by atoms with Gasteiger partial charge in [-0.25, -0.2) is 0 Å². The van der Waals surface area contributed by atoms with Crippen molar-refractivity contribution in [2.24, 2.45) is 0 Å². The number of hydrogen-bond donors (Lipinski definition) is 1. The molecule has 1 aliphatic heterocycles. The number of nitrogens with one attached hydrogen (secondary N) is 1. The number of fused-ring (bicyclic) bond motifs is 2. The number of amides is 1. The summed E-state index contributed by atoms with van der Waals surface area (Å²) in [7, 11) is 0. The van der Waals surface area contributed by atoms with Gasteiger partial charge >= 0.3 is 0 Å². The first-order chi connectivity index (χ1) is 16.0. The molecule has 0 spiro atoms. The van der Waals surface area contributed by atoms with Gasteiger partial charge < -0.3 is 19.4 Å². The van der Waals surface area contributed by atoms with Crippen molar-refractivity contribution >= 4 is 44.2 Å². The molecule has 0 saturated heterocycles. The Balaban J connectivity index is 1.51. The highest BCUT2D eigenvalue weighted by Crippen LogP contribution is 2.34. The molecular formula is C24H16BrN3O5. The fourth-order valence-electron chi connectivity index (χ4n) is 3.65. The van der Waals surface area contributed by atoms with Gasteiger partial charge in [0.1, 0.15) is 6.54 Å². The number of hydrogen-bond acceptors (Lipinski definition) is 6. The molecule has 33 heavy (non-hydrogen) atoms. The Morgan fingerprint density at radius 1 is 1.03 bits per heavy atom. The number of ketones is 1.